The summed E-state index contributed by atoms with van der Waals surface area (Å²) in [6.07, 6.45) is 0. The molecular formula is C20H14N2O7S2. The molecule has 0 fully saturated rings. The fourth-order valence-corrected chi connectivity index (χ4v) is 4.61. The first-order valence-electron chi connectivity index (χ1n) is 8.70. The van der Waals surface area contributed by atoms with Crippen LogP contribution in [0.2, 0.25) is 0 Å². The Labute approximate surface area is 176 Å². The van der Waals surface area contributed by atoms with E-state index in [4.69, 9.17) is 0 Å². The van der Waals surface area contributed by atoms with Gasteiger partial charge in [0.2, 0.25) is 0 Å². The van der Waals surface area contributed by atoms with Crippen molar-refractivity contribution in [1.29, 1.82) is 0 Å². The van der Waals surface area contributed by atoms with Crippen LogP contribution in [0.4, 0.5) is 11.4 Å². The molecule has 11 heteroatoms. The number of aromatic hydroxyl groups is 1. The van der Waals surface area contributed by atoms with E-state index in [9.17, 15) is 31.0 Å². The number of fused-ring (bicyclic) bond motifs is 2. The largest absolute Gasteiger partial charge is 0.507 e. The second-order valence-corrected chi connectivity index (χ2v) is 9.41. The molecule has 0 aliphatic heterocycles. The maximum Gasteiger partial charge on any atom is 0.295 e. The van der Waals surface area contributed by atoms with Crippen LogP contribution in [0.5, 0.6) is 5.75 Å². The minimum absolute atomic E-state index is 0.0455. The van der Waals surface area contributed by atoms with E-state index < -0.39 is 30.0 Å². The van der Waals surface area contributed by atoms with Crippen LogP contribution >= 0.6 is 0 Å². The van der Waals surface area contributed by atoms with Crippen molar-refractivity contribution in [2.45, 2.75) is 9.79 Å². The van der Waals surface area contributed by atoms with E-state index in [1.54, 1.807) is 24.3 Å². The number of azo groups is 1. The van der Waals surface area contributed by atoms with Gasteiger partial charge >= 0.3 is 0 Å². The van der Waals surface area contributed by atoms with Gasteiger partial charge in [0.15, 0.2) is 0 Å². The number of nitrogens with zero attached hydrogens (tertiary/aromatic N) is 2. The molecule has 9 nitrogen and oxygen atoms in total. The van der Waals surface area contributed by atoms with E-state index in [1.165, 1.54) is 30.3 Å². The van der Waals surface area contributed by atoms with Crippen molar-refractivity contribution in [3.63, 3.8) is 0 Å². The molecule has 0 radical (unpaired) electrons. The van der Waals surface area contributed by atoms with Crippen molar-refractivity contribution in [2.24, 2.45) is 10.2 Å². The van der Waals surface area contributed by atoms with Crippen LogP contribution in [0.3, 0.4) is 0 Å². The Balaban J connectivity index is 1.97. The summed E-state index contributed by atoms with van der Waals surface area (Å²) < 4.78 is 65.9. The van der Waals surface area contributed by atoms with Crippen LogP contribution in [0.1, 0.15) is 0 Å². The molecule has 0 heterocycles. The molecule has 3 N–H and O–H groups in total. The lowest BCUT2D eigenvalue weighted by Gasteiger charge is -2.09. The average molecular weight is 458 g/mol. The van der Waals surface area contributed by atoms with E-state index in [0.29, 0.717) is 22.5 Å². The summed E-state index contributed by atoms with van der Waals surface area (Å²) in [6.45, 7) is 0. The highest BCUT2D eigenvalue weighted by Crippen LogP contribution is 2.37. The number of benzene rings is 4. The molecule has 0 atom stereocenters. The van der Waals surface area contributed by atoms with E-state index in [1.807, 2.05) is 0 Å². The van der Waals surface area contributed by atoms with E-state index in [0.717, 1.165) is 6.07 Å². The van der Waals surface area contributed by atoms with Crippen LogP contribution in [0, 0.1) is 0 Å². The minimum atomic E-state index is -4.87. The van der Waals surface area contributed by atoms with Gasteiger partial charge in [-0.3, -0.25) is 9.11 Å². The van der Waals surface area contributed by atoms with Crippen LogP contribution in [-0.2, 0) is 20.2 Å². The highest BCUT2D eigenvalue weighted by molar-refractivity contribution is 7.86. The van der Waals surface area contributed by atoms with Crippen molar-refractivity contribution >= 4 is 53.2 Å². The lowest BCUT2D eigenvalue weighted by molar-refractivity contribution is 0.480. The molecule has 0 spiro atoms. The second-order valence-electron chi connectivity index (χ2n) is 6.60. The number of hydrogen-bond acceptors (Lipinski definition) is 7. The highest BCUT2D eigenvalue weighted by atomic mass is 32.2. The molecule has 158 valence electrons. The SMILES string of the molecule is O=S(=O)(O)c1cc(S(=O)(=O)O)c2c(N=Nc3ccc(O)c4ccccc34)cccc2c1. The Morgan fingerprint density at radius 2 is 1.35 bits per heavy atom. The van der Waals surface area contributed by atoms with Crippen LogP contribution in [-0.4, -0.2) is 31.0 Å². The molecule has 0 unspecified atom stereocenters. The Hall–Kier alpha value is -3.38. The summed E-state index contributed by atoms with van der Waals surface area (Å²) >= 11 is 0. The van der Waals surface area contributed by atoms with E-state index in [-0.39, 0.29) is 22.2 Å². The smallest absolute Gasteiger partial charge is 0.295 e. The summed E-state index contributed by atoms with van der Waals surface area (Å²) in [5.41, 5.74) is 0.442. The van der Waals surface area contributed by atoms with Gasteiger partial charge in [-0.15, -0.1) is 10.2 Å². The van der Waals surface area contributed by atoms with Gasteiger partial charge in [-0.2, -0.15) is 16.8 Å². The summed E-state index contributed by atoms with van der Waals surface area (Å²) in [4.78, 5) is -1.42. The van der Waals surface area contributed by atoms with E-state index in [2.05, 4.69) is 10.2 Å². The van der Waals surface area contributed by atoms with Gasteiger partial charge in [-0.1, -0.05) is 36.4 Å². The van der Waals surface area contributed by atoms with Crippen molar-refractivity contribution in [1.82, 2.24) is 0 Å². The first-order chi connectivity index (χ1) is 14.6. The maximum absolute atomic E-state index is 11.9. The van der Waals surface area contributed by atoms with Crippen LogP contribution in [0.25, 0.3) is 21.5 Å². The molecule has 4 aromatic carbocycles. The fourth-order valence-electron chi connectivity index (χ4n) is 3.24. The van der Waals surface area contributed by atoms with Gasteiger partial charge in [0.25, 0.3) is 20.2 Å². The minimum Gasteiger partial charge on any atom is -0.507 e. The predicted molar refractivity (Wildman–Crippen MR) is 113 cm³/mol. The number of hydrogen-bond donors (Lipinski definition) is 3. The molecule has 31 heavy (non-hydrogen) atoms. The molecule has 0 saturated carbocycles. The Morgan fingerprint density at radius 1 is 0.677 bits per heavy atom. The first-order valence-corrected chi connectivity index (χ1v) is 11.6. The fraction of sp³-hybridized carbons (Fsp3) is 0. The van der Waals surface area contributed by atoms with Gasteiger partial charge < -0.3 is 5.11 Å². The zero-order valence-corrected chi connectivity index (χ0v) is 17.2. The number of phenols is 1. The lowest BCUT2D eigenvalue weighted by atomic mass is 10.1. The van der Waals surface area contributed by atoms with Gasteiger partial charge in [0, 0.05) is 16.2 Å². The molecule has 4 rings (SSSR count). The summed E-state index contributed by atoms with van der Waals surface area (Å²) in [6, 6.07) is 16.0. The third-order valence-corrected chi connectivity index (χ3v) is 6.32. The first kappa shape index (κ1) is 20.9. The Bertz CT molecular complexity index is 1600. The van der Waals surface area contributed by atoms with Crippen molar-refractivity contribution in [2.75, 3.05) is 0 Å². The predicted octanol–water partition coefficient (Wildman–Crippen LogP) is 4.61. The van der Waals surface area contributed by atoms with Crippen molar-refractivity contribution < 1.29 is 31.0 Å². The molecule has 0 saturated heterocycles. The van der Waals surface area contributed by atoms with Crippen molar-refractivity contribution in [3.05, 3.63) is 66.7 Å². The summed E-state index contributed by atoms with van der Waals surface area (Å²) in [5.74, 6) is 0.0612. The van der Waals surface area contributed by atoms with Crippen LogP contribution < -0.4 is 0 Å². The Morgan fingerprint density at radius 3 is 2.03 bits per heavy atom. The lowest BCUT2D eigenvalue weighted by Crippen LogP contribution is -2.04. The van der Waals surface area contributed by atoms with Gasteiger partial charge in [-0.25, -0.2) is 0 Å². The molecule has 0 bridgehead atoms. The monoisotopic (exact) mass is 458 g/mol. The maximum atomic E-state index is 11.9. The third-order valence-electron chi connectivity index (χ3n) is 4.61. The number of phenolic OH excluding ortho intramolecular Hbond substituents is 1. The quantitative estimate of drug-likeness (QED) is 0.298. The summed E-state index contributed by atoms with van der Waals surface area (Å²) in [5, 5.41) is 19.5. The topological polar surface area (TPSA) is 154 Å². The molecule has 0 aromatic heterocycles. The van der Waals surface area contributed by atoms with Gasteiger partial charge in [0.1, 0.15) is 10.6 Å². The standard InChI is InChI=1S/C20H14N2O7S2/c23-18-9-8-16(14-5-1-2-6-15(14)18)21-22-17-7-3-4-12-10-13(30(24,25)26)11-19(20(12)17)31(27,28)29/h1-11,23H,(H,24,25,26)(H,27,28,29). The molecule has 0 aliphatic rings. The zero-order chi connectivity index (χ0) is 22.4. The third kappa shape index (κ3) is 3.99. The molecule has 0 aliphatic carbocycles. The second kappa shape index (κ2) is 7.39. The Kier molecular flexibility index (Phi) is 4.98. The highest BCUT2D eigenvalue weighted by Gasteiger charge is 2.22. The van der Waals surface area contributed by atoms with Crippen molar-refractivity contribution in [3.8, 4) is 5.75 Å². The average Bonchev–Trinajstić information content (AvgIpc) is 2.71. The van der Waals surface area contributed by atoms with E-state index >= 15 is 0 Å². The normalized spacial score (nSPS) is 12.7. The molecule has 0 amide bonds. The molecule has 4 aromatic rings. The summed E-state index contributed by atoms with van der Waals surface area (Å²) in [7, 11) is -9.60. The van der Waals surface area contributed by atoms with Crippen LogP contribution in [0.15, 0.2) is 86.7 Å². The van der Waals surface area contributed by atoms with Gasteiger partial charge in [-0.05, 0) is 35.7 Å². The van der Waals surface area contributed by atoms with Gasteiger partial charge in [0.05, 0.1) is 16.3 Å². The molecular weight excluding hydrogens is 444 g/mol. The number of rotatable bonds is 4. The zero-order valence-electron chi connectivity index (χ0n) is 15.5.